The number of hydrogen-bond acceptors (Lipinski definition) is 2. The van der Waals surface area contributed by atoms with E-state index in [4.69, 9.17) is 10.5 Å². The standard InChI is InChI=1S/C20H23FN2O/c1-2-24-16-9-10-19-18(13-16)17(8-3-4-11-22)20(23-19)14-6-5-7-15(21)12-14/h5-7,9-10,12-13,23H,2-4,8,11,22H2,1H3. The third kappa shape index (κ3) is 3.44. The van der Waals surface area contributed by atoms with Gasteiger partial charge in [0.25, 0.3) is 0 Å². The SMILES string of the molecule is CCOc1ccc2[nH]c(-c3cccc(F)c3)c(CCCCN)c2c1. The summed E-state index contributed by atoms with van der Waals surface area (Å²) in [6.45, 7) is 3.29. The van der Waals surface area contributed by atoms with Crippen LogP contribution in [0.2, 0.25) is 0 Å². The van der Waals surface area contributed by atoms with Gasteiger partial charge in [-0.15, -0.1) is 0 Å². The highest BCUT2D eigenvalue weighted by Crippen LogP contribution is 2.34. The van der Waals surface area contributed by atoms with E-state index in [0.29, 0.717) is 13.2 Å². The minimum absolute atomic E-state index is 0.228. The van der Waals surface area contributed by atoms with Gasteiger partial charge < -0.3 is 15.5 Å². The van der Waals surface area contributed by atoms with Crippen LogP contribution in [0.3, 0.4) is 0 Å². The van der Waals surface area contributed by atoms with Crippen molar-refractivity contribution in [3.63, 3.8) is 0 Å². The van der Waals surface area contributed by atoms with Gasteiger partial charge in [-0.2, -0.15) is 0 Å². The zero-order valence-electron chi connectivity index (χ0n) is 13.9. The number of aromatic nitrogens is 1. The fourth-order valence-corrected chi connectivity index (χ4v) is 3.08. The first-order valence-electron chi connectivity index (χ1n) is 8.46. The number of hydrogen-bond donors (Lipinski definition) is 2. The summed E-state index contributed by atoms with van der Waals surface area (Å²) in [5, 5.41) is 1.14. The number of fused-ring (bicyclic) bond motifs is 1. The monoisotopic (exact) mass is 326 g/mol. The number of unbranched alkanes of at least 4 members (excludes halogenated alkanes) is 1. The molecule has 1 aromatic heterocycles. The Morgan fingerprint density at radius 1 is 1.12 bits per heavy atom. The Bertz CT molecular complexity index is 826. The van der Waals surface area contributed by atoms with Crippen LogP contribution in [0.5, 0.6) is 5.75 Å². The van der Waals surface area contributed by atoms with Crippen molar-refractivity contribution in [1.82, 2.24) is 4.98 Å². The first kappa shape index (κ1) is 16.5. The van der Waals surface area contributed by atoms with Crippen molar-refractivity contribution in [2.45, 2.75) is 26.2 Å². The summed E-state index contributed by atoms with van der Waals surface area (Å²) in [5.41, 5.74) is 9.73. The molecule has 0 unspecified atom stereocenters. The number of nitrogens with two attached hydrogens (primary N) is 1. The lowest BCUT2D eigenvalue weighted by molar-refractivity contribution is 0.340. The van der Waals surface area contributed by atoms with Crippen LogP contribution < -0.4 is 10.5 Å². The van der Waals surface area contributed by atoms with Gasteiger partial charge in [0.1, 0.15) is 11.6 Å². The fraction of sp³-hybridized carbons (Fsp3) is 0.300. The molecule has 0 bridgehead atoms. The van der Waals surface area contributed by atoms with E-state index >= 15 is 0 Å². The highest BCUT2D eigenvalue weighted by molar-refractivity contribution is 5.91. The quantitative estimate of drug-likeness (QED) is 0.621. The van der Waals surface area contributed by atoms with Crippen LogP contribution in [0.4, 0.5) is 4.39 Å². The lowest BCUT2D eigenvalue weighted by Gasteiger charge is -2.06. The normalized spacial score (nSPS) is 11.1. The third-order valence-electron chi connectivity index (χ3n) is 4.18. The molecule has 24 heavy (non-hydrogen) atoms. The van der Waals surface area contributed by atoms with Crippen molar-refractivity contribution in [1.29, 1.82) is 0 Å². The second-order valence-corrected chi connectivity index (χ2v) is 5.88. The summed E-state index contributed by atoms with van der Waals surface area (Å²) >= 11 is 0. The average Bonchev–Trinajstić information content (AvgIpc) is 2.94. The van der Waals surface area contributed by atoms with E-state index in [1.54, 1.807) is 12.1 Å². The second-order valence-electron chi connectivity index (χ2n) is 5.88. The highest BCUT2D eigenvalue weighted by atomic mass is 19.1. The number of H-pyrrole nitrogens is 1. The zero-order chi connectivity index (χ0) is 16.9. The first-order valence-corrected chi connectivity index (χ1v) is 8.46. The average molecular weight is 326 g/mol. The first-order chi connectivity index (χ1) is 11.7. The summed E-state index contributed by atoms with van der Waals surface area (Å²) in [7, 11) is 0. The van der Waals surface area contributed by atoms with E-state index in [9.17, 15) is 4.39 Å². The van der Waals surface area contributed by atoms with Crippen LogP contribution in [0.1, 0.15) is 25.3 Å². The Hall–Kier alpha value is -2.33. The van der Waals surface area contributed by atoms with Crippen LogP contribution in [0, 0.1) is 5.82 Å². The van der Waals surface area contributed by atoms with Crippen molar-refractivity contribution in [3.8, 4) is 17.0 Å². The lowest BCUT2D eigenvalue weighted by atomic mass is 10.00. The van der Waals surface area contributed by atoms with Gasteiger partial charge in [0.2, 0.25) is 0 Å². The number of rotatable bonds is 7. The van der Waals surface area contributed by atoms with Gasteiger partial charge in [-0.25, -0.2) is 4.39 Å². The van der Waals surface area contributed by atoms with Gasteiger partial charge in [0, 0.05) is 22.2 Å². The Morgan fingerprint density at radius 3 is 2.75 bits per heavy atom. The molecule has 3 nitrogen and oxygen atoms in total. The third-order valence-corrected chi connectivity index (χ3v) is 4.18. The van der Waals surface area contributed by atoms with E-state index < -0.39 is 0 Å². The molecular weight excluding hydrogens is 303 g/mol. The number of halogens is 1. The van der Waals surface area contributed by atoms with Crippen molar-refractivity contribution in [2.24, 2.45) is 5.73 Å². The fourth-order valence-electron chi connectivity index (χ4n) is 3.08. The van der Waals surface area contributed by atoms with Crippen LogP contribution in [-0.4, -0.2) is 18.1 Å². The highest BCUT2D eigenvalue weighted by Gasteiger charge is 2.14. The molecule has 126 valence electrons. The van der Waals surface area contributed by atoms with Crippen molar-refractivity contribution in [2.75, 3.05) is 13.2 Å². The largest absolute Gasteiger partial charge is 0.494 e. The smallest absolute Gasteiger partial charge is 0.123 e. The van der Waals surface area contributed by atoms with Crippen LogP contribution in [-0.2, 0) is 6.42 Å². The Morgan fingerprint density at radius 2 is 2.00 bits per heavy atom. The van der Waals surface area contributed by atoms with Gasteiger partial charge in [-0.1, -0.05) is 12.1 Å². The van der Waals surface area contributed by atoms with E-state index in [2.05, 4.69) is 11.1 Å². The van der Waals surface area contributed by atoms with Gasteiger partial charge in [0.05, 0.1) is 6.61 Å². The van der Waals surface area contributed by atoms with Crippen LogP contribution in [0.15, 0.2) is 42.5 Å². The van der Waals surface area contributed by atoms with Crippen LogP contribution >= 0.6 is 0 Å². The predicted octanol–water partition coefficient (Wildman–Crippen LogP) is 4.65. The number of aryl methyl sites for hydroxylation is 1. The molecule has 3 aromatic rings. The molecular formula is C20H23FN2O. The molecule has 0 atom stereocenters. The van der Waals surface area contributed by atoms with E-state index in [1.165, 1.54) is 11.6 Å². The maximum absolute atomic E-state index is 13.7. The second kappa shape index (κ2) is 7.49. The lowest BCUT2D eigenvalue weighted by Crippen LogP contribution is -1.99. The number of aromatic amines is 1. The number of nitrogens with one attached hydrogen (secondary N) is 1. The minimum atomic E-state index is -0.228. The molecule has 0 saturated heterocycles. The summed E-state index contributed by atoms with van der Waals surface area (Å²) < 4.78 is 19.3. The Kier molecular flexibility index (Phi) is 5.16. The maximum atomic E-state index is 13.7. The summed E-state index contributed by atoms with van der Waals surface area (Å²) in [6, 6.07) is 12.8. The minimum Gasteiger partial charge on any atom is -0.494 e. The van der Waals surface area contributed by atoms with Crippen LogP contribution in [0.25, 0.3) is 22.2 Å². The summed E-state index contributed by atoms with van der Waals surface area (Å²) in [4.78, 5) is 3.45. The number of benzene rings is 2. The van der Waals surface area contributed by atoms with Gasteiger partial charge >= 0.3 is 0 Å². The van der Waals surface area contributed by atoms with Gasteiger partial charge in [-0.3, -0.25) is 0 Å². The summed E-state index contributed by atoms with van der Waals surface area (Å²) in [5.74, 6) is 0.629. The molecule has 0 fully saturated rings. The molecule has 0 aliphatic carbocycles. The molecule has 0 amide bonds. The number of ether oxygens (including phenoxy) is 1. The maximum Gasteiger partial charge on any atom is 0.123 e. The predicted molar refractivity (Wildman–Crippen MR) is 96.9 cm³/mol. The molecule has 0 saturated carbocycles. The van der Waals surface area contributed by atoms with Crippen molar-refractivity contribution >= 4 is 10.9 Å². The zero-order valence-corrected chi connectivity index (χ0v) is 13.9. The molecule has 4 heteroatoms. The molecule has 2 aromatic carbocycles. The molecule has 0 aliphatic heterocycles. The van der Waals surface area contributed by atoms with Crippen molar-refractivity contribution < 1.29 is 9.13 Å². The molecule has 3 rings (SSSR count). The molecule has 1 heterocycles. The van der Waals surface area contributed by atoms with E-state index in [-0.39, 0.29) is 5.82 Å². The molecule has 0 spiro atoms. The molecule has 0 aliphatic rings. The van der Waals surface area contributed by atoms with Crippen molar-refractivity contribution in [3.05, 3.63) is 53.8 Å². The Balaban J connectivity index is 2.10. The molecule has 0 radical (unpaired) electrons. The molecule has 3 N–H and O–H groups in total. The van der Waals surface area contributed by atoms with Gasteiger partial charge in [0.15, 0.2) is 0 Å². The van der Waals surface area contributed by atoms with E-state index in [0.717, 1.165) is 47.2 Å². The van der Waals surface area contributed by atoms with Gasteiger partial charge in [-0.05, 0) is 68.6 Å². The van der Waals surface area contributed by atoms with E-state index in [1.807, 2.05) is 25.1 Å². The Labute approximate surface area is 141 Å². The topological polar surface area (TPSA) is 51.0 Å². The summed E-state index contributed by atoms with van der Waals surface area (Å²) in [6.07, 6.45) is 2.88.